The number of ether oxygens (including phenoxy) is 2. The van der Waals surface area contributed by atoms with E-state index in [-0.39, 0.29) is 18.9 Å². The second-order valence-corrected chi connectivity index (χ2v) is 2.47. The summed E-state index contributed by atoms with van der Waals surface area (Å²) in [5, 5.41) is 0. The van der Waals surface area contributed by atoms with Crippen LogP contribution < -0.4 is 16.6 Å². The molecule has 5 nitrogen and oxygen atoms in total. The average molecular weight is 198 g/mol. The third kappa shape index (κ3) is 4.32. The monoisotopic (exact) mass is 198 g/mol. The molecular formula is C9H14N2O3. The fourth-order valence-electron chi connectivity index (χ4n) is 0.745. The number of esters is 1. The molecule has 0 radical (unpaired) electrons. The Balaban J connectivity index is 0.00000169. The van der Waals surface area contributed by atoms with Crippen LogP contribution in [0.15, 0.2) is 24.3 Å². The molecule has 0 atom stereocenters. The van der Waals surface area contributed by atoms with Crippen LogP contribution in [0.3, 0.4) is 0 Å². The summed E-state index contributed by atoms with van der Waals surface area (Å²) in [7, 11) is 0. The molecule has 0 heterocycles. The third-order valence-corrected chi connectivity index (χ3v) is 1.37. The van der Waals surface area contributed by atoms with E-state index in [2.05, 4.69) is 4.74 Å². The Kier molecular flexibility index (Phi) is 5.09. The Labute approximate surface area is 82.4 Å². The number of hydrogen-bond donors (Lipinski definition) is 2. The smallest absolute Gasteiger partial charge is 0.305 e. The van der Waals surface area contributed by atoms with E-state index in [0.29, 0.717) is 11.4 Å². The molecule has 0 saturated carbocycles. The highest BCUT2D eigenvalue weighted by atomic mass is 16.7. The second kappa shape index (κ2) is 5.82. The Morgan fingerprint density at radius 1 is 1.36 bits per heavy atom. The standard InChI is InChI=1S/C9H11NO3.H3N/c1-7(11)12-6-13-9-4-2-8(10)3-5-9;/h2-5H,6,10H2,1H3;1H3. The van der Waals surface area contributed by atoms with Gasteiger partial charge in [0.15, 0.2) is 0 Å². The van der Waals surface area contributed by atoms with Crippen molar-refractivity contribution < 1.29 is 14.3 Å². The Morgan fingerprint density at radius 3 is 2.43 bits per heavy atom. The Morgan fingerprint density at radius 2 is 1.93 bits per heavy atom. The number of nitrogen functional groups attached to an aromatic ring is 1. The summed E-state index contributed by atoms with van der Waals surface area (Å²) in [5.41, 5.74) is 6.13. The fraction of sp³-hybridized carbons (Fsp3) is 0.222. The summed E-state index contributed by atoms with van der Waals surface area (Å²) < 4.78 is 9.66. The number of rotatable bonds is 3. The molecule has 0 fully saturated rings. The van der Waals surface area contributed by atoms with Gasteiger partial charge in [0, 0.05) is 12.6 Å². The van der Waals surface area contributed by atoms with Gasteiger partial charge < -0.3 is 21.4 Å². The molecule has 0 spiro atoms. The van der Waals surface area contributed by atoms with Gasteiger partial charge in [-0.1, -0.05) is 0 Å². The van der Waals surface area contributed by atoms with Crippen LogP contribution >= 0.6 is 0 Å². The number of carbonyl (C=O) groups is 1. The van der Waals surface area contributed by atoms with Crippen LogP contribution in [0.1, 0.15) is 6.92 Å². The van der Waals surface area contributed by atoms with Crippen molar-refractivity contribution in [3.8, 4) is 5.75 Å². The van der Waals surface area contributed by atoms with Crippen LogP contribution in [-0.4, -0.2) is 12.8 Å². The van der Waals surface area contributed by atoms with E-state index >= 15 is 0 Å². The van der Waals surface area contributed by atoms with Crippen molar-refractivity contribution in [1.82, 2.24) is 6.15 Å². The number of nitrogens with two attached hydrogens (primary N) is 1. The molecule has 0 bridgehead atoms. The molecule has 0 aromatic heterocycles. The van der Waals surface area contributed by atoms with Crippen molar-refractivity contribution in [2.45, 2.75) is 6.92 Å². The zero-order valence-electron chi connectivity index (χ0n) is 8.03. The number of benzene rings is 1. The van der Waals surface area contributed by atoms with E-state index in [0.717, 1.165) is 0 Å². The van der Waals surface area contributed by atoms with Gasteiger partial charge in [-0.15, -0.1) is 0 Å². The van der Waals surface area contributed by atoms with Crippen molar-refractivity contribution in [3.05, 3.63) is 24.3 Å². The van der Waals surface area contributed by atoms with Gasteiger partial charge in [-0.3, -0.25) is 4.79 Å². The Bertz CT molecular complexity index is 285. The molecule has 5 heteroatoms. The maximum atomic E-state index is 10.4. The lowest BCUT2D eigenvalue weighted by molar-refractivity contribution is -0.147. The van der Waals surface area contributed by atoms with Gasteiger partial charge in [0.1, 0.15) is 5.75 Å². The van der Waals surface area contributed by atoms with Gasteiger partial charge in [-0.05, 0) is 24.3 Å². The molecule has 0 aliphatic carbocycles. The van der Waals surface area contributed by atoms with Crippen LogP contribution in [-0.2, 0) is 9.53 Å². The summed E-state index contributed by atoms with van der Waals surface area (Å²) in [6, 6.07) is 6.84. The maximum absolute atomic E-state index is 10.4. The van der Waals surface area contributed by atoms with Gasteiger partial charge in [-0.2, -0.15) is 0 Å². The minimum Gasteiger partial charge on any atom is -0.457 e. The van der Waals surface area contributed by atoms with Crippen LogP contribution in [0.25, 0.3) is 0 Å². The van der Waals surface area contributed by atoms with Crippen molar-refractivity contribution in [3.63, 3.8) is 0 Å². The van der Waals surface area contributed by atoms with Gasteiger partial charge in [-0.25, -0.2) is 0 Å². The van der Waals surface area contributed by atoms with Gasteiger partial charge >= 0.3 is 5.97 Å². The fourth-order valence-corrected chi connectivity index (χ4v) is 0.745. The van der Waals surface area contributed by atoms with Gasteiger partial charge in [0.05, 0.1) is 0 Å². The lowest BCUT2D eigenvalue weighted by Crippen LogP contribution is -2.06. The lowest BCUT2D eigenvalue weighted by atomic mass is 10.3. The molecule has 0 saturated heterocycles. The summed E-state index contributed by atoms with van der Waals surface area (Å²) in [6.07, 6.45) is 0. The second-order valence-electron chi connectivity index (χ2n) is 2.47. The van der Waals surface area contributed by atoms with E-state index < -0.39 is 0 Å². The predicted octanol–water partition coefficient (Wildman–Crippen LogP) is 1.33. The van der Waals surface area contributed by atoms with E-state index in [1.165, 1.54) is 6.92 Å². The molecular weight excluding hydrogens is 184 g/mol. The highest BCUT2D eigenvalue weighted by Gasteiger charge is 1.94. The van der Waals surface area contributed by atoms with Crippen LogP contribution in [0.2, 0.25) is 0 Å². The quantitative estimate of drug-likeness (QED) is 0.434. The van der Waals surface area contributed by atoms with E-state index in [4.69, 9.17) is 10.5 Å². The van der Waals surface area contributed by atoms with Crippen molar-refractivity contribution in [1.29, 1.82) is 0 Å². The first-order valence-electron chi connectivity index (χ1n) is 3.80. The van der Waals surface area contributed by atoms with Crippen LogP contribution in [0, 0.1) is 0 Å². The van der Waals surface area contributed by atoms with E-state index in [1.807, 2.05) is 0 Å². The number of anilines is 1. The molecule has 1 rings (SSSR count). The summed E-state index contributed by atoms with van der Waals surface area (Å²) in [5.74, 6) is 0.255. The van der Waals surface area contributed by atoms with E-state index in [1.54, 1.807) is 24.3 Å². The molecule has 0 amide bonds. The zero-order valence-corrected chi connectivity index (χ0v) is 8.03. The minimum absolute atomic E-state index is 0. The third-order valence-electron chi connectivity index (χ3n) is 1.37. The van der Waals surface area contributed by atoms with Crippen molar-refractivity contribution in [2.75, 3.05) is 12.5 Å². The van der Waals surface area contributed by atoms with Crippen LogP contribution in [0.4, 0.5) is 5.69 Å². The summed E-state index contributed by atoms with van der Waals surface area (Å²) in [4.78, 5) is 10.4. The highest BCUT2D eigenvalue weighted by molar-refractivity contribution is 5.65. The first-order valence-corrected chi connectivity index (χ1v) is 3.80. The molecule has 5 N–H and O–H groups in total. The highest BCUT2D eigenvalue weighted by Crippen LogP contribution is 2.12. The number of carbonyl (C=O) groups excluding carboxylic acids is 1. The predicted molar refractivity (Wildman–Crippen MR) is 53.1 cm³/mol. The molecule has 1 aromatic rings. The minimum atomic E-state index is -0.365. The summed E-state index contributed by atoms with van der Waals surface area (Å²) >= 11 is 0. The molecule has 14 heavy (non-hydrogen) atoms. The molecule has 1 aromatic carbocycles. The largest absolute Gasteiger partial charge is 0.457 e. The zero-order chi connectivity index (χ0) is 9.68. The van der Waals surface area contributed by atoms with E-state index in [9.17, 15) is 4.79 Å². The summed E-state index contributed by atoms with van der Waals surface area (Å²) in [6.45, 7) is 1.26. The molecule has 0 aliphatic heterocycles. The van der Waals surface area contributed by atoms with Gasteiger partial charge in [0.25, 0.3) is 0 Å². The molecule has 0 aliphatic rings. The van der Waals surface area contributed by atoms with Crippen molar-refractivity contribution in [2.24, 2.45) is 0 Å². The molecule has 0 unspecified atom stereocenters. The van der Waals surface area contributed by atoms with Crippen molar-refractivity contribution >= 4 is 11.7 Å². The average Bonchev–Trinajstić information content (AvgIpc) is 2.08. The first-order chi connectivity index (χ1) is 6.18. The topological polar surface area (TPSA) is 96.5 Å². The number of hydrogen-bond acceptors (Lipinski definition) is 5. The van der Waals surface area contributed by atoms with Crippen LogP contribution in [0.5, 0.6) is 5.75 Å². The van der Waals surface area contributed by atoms with Gasteiger partial charge in [0.2, 0.25) is 6.79 Å². The normalized spacial score (nSPS) is 8.64. The maximum Gasteiger partial charge on any atom is 0.305 e. The lowest BCUT2D eigenvalue weighted by Gasteiger charge is -2.05. The molecule has 78 valence electrons. The SMILES string of the molecule is CC(=O)OCOc1ccc(N)cc1.N. The Hall–Kier alpha value is -1.75. The first kappa shape index (κ1) is 12.2.